The maximum Gasteiger partial charge on any atom is 0.0858 e. The van der Waals surface area contributed by atoms with Gasteiger partial charge in [-0.1, -0.05) is 56.0 Å². The van der Waals surface area contributed by atoms with Crippen LogP contribution in [0.4, 0.5) is 11.4 Å². The second kappa shape index (κ2) is 7.15. The molecule has 1 aromatic carbocycles. The van der Waals surface area contributed by atoms with Crippen LogP contribution in [0.3, 0.4) is 0 Å². The molecule has 1 aliphatic carbocycles. The highest BCUT2D eigenvalue weighted by Gasteiger charge is 2.25. The zero-order valence-corrected chi connectivity index (χ0v) is 13.9. The van der Waals surface area contributed by atoms with Crippen molar-refractivity contribution in [3.63, 3.8) is 0 Å². The van der Waals surface area contributed by atoms with Crippen LogP contribution in [0.15, 0.2) is 42.6 Å². The average molecular weight is 315 g/mol. The van der Waals surface area contributed by atoms with Gasteiger partial charge in [-0.25, -0.2) is 0 Å². The van der Waals surface area contributed by atoms with Crippen molar-refractivity contribution in [1.82, 2.24) is 4.98 Å². The Morgan fingerprint density at radius 1 is 1.09 bits per heavy atom. The lowest BCUT2D eigenvalue weighted by atomic mass is 9.93. The zero-order chi connectivity index (χ0) is 15.4. The number of para-hydroxylation sites is 1. The van der Waals surface area contributed by atoms with Gasteiger partial charge in [0, 0.05) is 17.9 Å². The topological polar surface area (TPSA) is 16.1 Å². The molecule has 2 nitrogen and oxygen atoms in total. The molecule has 0 aliphatic heterocycles. The first-order valence-corrected chi connectivity index (χ1v) is 8.66. The third kappa shape index (κ3) is 3.12. The van der Waals surface area contributed by atoms with E-state index < -0.39 is 0 Å². The van der Waals surface area contributed by atoms with Gasteiger partial charge in [0.05, 0.1) is 16.4 Å². The van der Waals surface area contributed by atoms with Crippen molar-refractivity contribution in [1.29, 1.82) is 0 Å². The molecule has 1 aliphatic rings. The van der Waals surface area contributed by atoms with E-state index in [2.05, 4.69) is 53.2 Å². The van der Waals surface area contributed by atoms with Crippen LogP contribution in [0.5, 0.6) is 0 Å². The van der Waals surface area contributed by atoms with Gasteiger partial charge in [-0.15, -0.1) is 0 Å². The monoisotopic (exact) mass is 314 g/mol. The van der Waals surface area contributed by atoms with Crippen LogP contribution in [0, 0.1) is 0 Å². The summed E-state index contributed by atoms with van der Waals surface area (Å²) in [6.07, 6.45) is 9.17. The number of pyridine rings is 1. The van der Waals surface area contributed by atoms with Crippen LogP contribution < -0.4 is 4.90 Å². The number of rotatable bonds is 4. The molecule has 22 heavy (non-hydrogen) atoms. The molecule has 1 aromatic heterocycles. The molecule has 0 saturated heterocycles. The third-order valence-electron chi connectivity index (χ3n) is 4.51. The summed E-state index contributed by atoms with van der Waals surface area (Å²) in [5.41, 5.74) is 3.31. The minimum Gasteiger partial charge on any atom is -0.337 e. The largest absolute Gasteiger partial charge is 0.337 e. The predicted molar refractivity (Wildman–Crippen MR) is 94.1 cm³/mol. The fraction of sp³-hybridized carbons (Fsp3) is 0.421. The number of halogens is 1. The highest BCUT2D eigenvalue weighted by Crippen LogP contribution is 2.38. The Morgan fingerprint density at radius 2 is 1.82 bits per heavy atom. The highest BCUT2D eigenvalue weighted by molar-refractivity contribution is 6.34. The lowest BCUT2D eigenvalue weighted by Gasteiger charge is -2.37. The molecule has 0 spiro atoms. The molecule has 2 aromatic rings. The van der Waals surface area contributed by atoms with Crippen molar-refractivity contribution in [2.75, 3.05) is 4.90 Å². The molecule has 0 atom stereocenters. The molecule has 0 unspecified atom stereocenters. The molecule has 1 heterocycles. The number of hydrogen-bond acceptors (Lipinski definition) is 2. The first-order valence-electron chi connectivity index (χ1n) is 8.29. The summed E-state index contributed by atoms with van der Waals surface area (Å²) >= 11 is 6.67. The van der Waals surface area contributed by atoms with E-state index in [0.29, 0.717) is 6.04 Å². The van der Waals surface area contributed by atoms with E-state index in [0.717, 1.165) is 22.8 Å². The first-order chi connectivity index (χ1) is 10.8. The van der Waals surface area contributed by atoms with E-state index in [1.165, 1.54) is 37.8 Å². The standard InChI is InChI=1S/C19H23ClN2/c1-2-17-19(20)18(13-14-21-17)22(15-9-5-3-6-10-15)16-11-7-4-8-12-16/h3,5-6,9-10,13-14,16H,2,4,7-8,11-12H2,1H3. The van der Waals surface area contributed by atoms with Crippen LogP contribution in [0.1, 0.15) is 44.7 Å². The summed E-state index contributed by atoms with van der Waals surface area (Å²) in [7, 11) is 0. The molecular weight excluding hydrogens is 292 g/mol. The summed E-state index contributed by atoms with van der Waals surface area (Å²) in [6.45, 7) is 2.10. The second-order valence-corrected chi connectivity index (χ2v) is 6.32. The van der Waals surface area contributed by atoms with Gasteiger partial charge in [-0.05, 0) is 37.5 Å². The molecule has 0 bridgehead atoms. The molecule has 3 rings (SSSR count). The SMILES string of the molecule is CCc1nccc(N(c2ccccc2)C2CCCCC2)c1Cl. The molecule has 1 saturated carbocycles. The van der Waals surface area contributed by atoms with Gasteiger partial charge >= 0.3 is 0 Å². The normalized spacial score (nSPS) is 15.7. The number of nitrogens with zero attached hydrogens (tertiary/aromatic N) is 2. The Labute approximate surface area is 138 Å². The molecule has 0 radical (unpaired) electrons. The van der Waals surface area contributed by atoms with Gasteiger partial charge in [0.1, 0.15) is 0 Å². The summed E-state index contributed by atoms with van der Waals surface area (Å²) in [5.74, 6) is 0. The Morgan fingerprint density at radius 3 is 2.50 bits per heavy atom. The number of anilines is 2. The summed E-state index contributed by atoms with van der Waals surface area (Å²) in [6, 6.07) is 13.2. The maximum atomic E-state index is 6.67. The molecule has 0 amide bonds. The molecule has 0 N–H and O–H groups in total. The van der Waals surface area contributed by atoms with E-state index in [4.69, 9.17) is 11.6 Å². The number of hydrogen-bond donors (Lipinski definition) is 0. The zero-order valence-electron chi connectivity index (χ0n) is 13.1. The van der Waals surface area contributed by atoms with E-state index in [1.807, 2.05) is 6.20 Å². The lowest BCUT2D eigenvalue weighted by Crippen LogP contribution is -2.33. The van der Waals surface area contributed by atoms with Crippen molar-refractivity contribution < 1.29 is 0 Å². The van der Waals surface area contributed by atoms with Crippen molar-refractivity contribution in [2.45, 2.75) is 51.5 Å². The summed E-state index contributed by atoms with van der Waals surface area (Å²) in [5, 5.41) is 0.805. The van der Waals surface area contributed by atoms with Crippen molar-refractivity contribution >= 4 is 23.0 Å². The number of aromatic nitrogens is 1. The molecule has 1 fully saturated rings. The van der Waals surface area contributed by atoms with Crippen LogP contribution in [-0.4, -0.2) is 11.0 Å². The van der Waals surface area contributed by atoms with Crippen LogP contribution in [0.2, 0.25) is 5.02 Å². The molecule has 116 valence electrons. The number of aryl methyl sites for hydroxylation is 1. The van der Waals surface area contributed by atoms with Crippen LogP contribution >= 0.6 is 11.6 Å². The first kappa shape index (κ1) is 15.4. The Bertz CT molecular complexity index is 606. The van der Waals surface area contributed by atoms with Gasteiger partial charge in [-0.3, -0.25) is 4.98 Å². The Hall–Kier alpha value is -1.54. The molecule has 3 heteroatoms. The van der Waals surface area contributed by atoms with E-state index >= 15 is 0 Å². The maximum absolute atomic E-state index is 6.67. The fourth-order valence-corrected chi connectivity index (χ4v) is 3.72. The Kier molecular flexibility index (Phi) is 4.99. The summed E-state index contributed by atoms with van der Waals surface area (Å²) < 4.78 is 0. The van der Waals surface area contributed by atoms with E-state index in [1.54, 1.807) is 0 Å². The number of benzene rings is 1. The van der Waals surface area contributed by atoms with Gasteiger partial charge in [0.15, 0.2) is 0 Å². The average Bonchev–Trinajstić information content (AvgIpc) is 2.59. The van der Waals surface area contributed by atoms with Crippen molar-refractivity contribution in [3.8, 4) is 0 Å². The second-order valence-electron chi connectivity index (χ2n) is 5.94. The van der Waals surface area contributed by atoms with Gasteiger partial charge in [0.2, 0.25) is 0 Å². The van der Waals surface area contributed by atoms with Crippen LogP contribution in [0.25, 0.3) is 0 Å². The minimum absolute atomic E-state index is 0.528. The summed E-state index contributed by atoms with van der Waals surface area (Å²) in [4.78, 5) is 6.85. The van der Waals surface area contributed by atoms with Crippen molar-refractivity contribution in [2.24, 2.45) is 0 Å². The smallest absolute Gasteiger partial charge is 0.0858 e. The van der Waals surface area contributed by atoms with Crippen LogP contribution in [-0.2, 0) is 6.42 Å². The third-order valence-corrected chi connectivity index (χ3v) is 4.92. The van der Waals surface area contributed by atoms with E-state index in [-0.39, 0.29) is 0 Å². The quantitative estimate of drug-likeness (QED) is 0.712. The minimum atomic E-state index is 0.528. The molecular formula is C19H23ClN2. The van der Waals surface area contributed by atoms with Gasteiger partial charge in [-0.2, -0.15) is 0 Å². The van der Waals surface area contributed by atoms with Crippen molar-refractivity contribution in [3.05, 3.63) is 53.3 Å². The van der Waals surface area contributed by atoms with E-state index in [9.17, 15) is 0 Å². The van der Waals surface area contributed by atoms with Gasteiger partial charge in [0.25, 0.3) is 0 Å². The fourth-order valence-electron chi connectivity index (χ4n) is 3.38. The highest BCUT2D eigenvalue weighted by atomic mass is 35.5. The lowest BCUT2D eigenvalue weighted by molar-refractivity contribution is 0.436. The predicted octanol–water partition coefficient (Wildman–Crippen LogP) is 5.77. The Balaban J connectivity index is 2.05. The van der Waals surface area contributed by atoms with Gasteiger partial charge < -0.3 is 4.90 Å².